The summed E-state index contributed by atoms with van der Waals surface area (Å²) in [6.45, 7) is 5.47. The standard InChI is InChI=1S/C17H24N4O/c1-13-7-9-20(10-8-13)12-14-11-19-21(17(14)18)15-5-3-4-6-16(15)22-2/h3-6,11,13H,7-10,12,18H2,1-2H3. The first kappa shape index (κ1) is 14.9. The van der Waals surface area contributed by atoms with Gasteiger partial charge in [0.15, 0.2) is 0 Å². The first-order valence-electron chi connectivity index (χ1n) is 7.87. The van der Waals surface area contributed by atoms with Gasteiger partial charge in [0, 0.05) is 12.1 Å². The molecule has 2 heterocycles. The molecule has 0 aliphatic carbocycles. The number of benzene rings is 1. The van der Waals surface area contributed by atoms with Crippen molar-refractivity contribution in [3.63, 3.8) is 0 Å². The summed E-state index contributed by atoms with van der Waals surface area (Å²) in [5, 5.41) is 4.46. The van der Waals surface area contributed by atoms with Crippen LogP contribution in [-0.2, 0) is 6.54 Å². The molecule has 1 fully saturated rings. The number of nitrogens with two attached hydrogens (primary N) is 1. The summed E-state index contributed by atoms with van der Waals surface area (Å²) in [6, 6.07) is 7.79. The van der Waals surface area contributed by atoms with Crippen LogP contribution >= 0.6 is 0 Å². The number of nitrogen functional groups attached to an aromatic ring is 1. The molecule has 0 spiro atoms. The van der Waals surface area contributed by atoms with E-state index in [1.165, 1.54) is 12.8 Å². The zero-order valence-electron chi connectivity index (χ0n) is 13.3. The third-order valence-electron chi connectivity index (χ3n) is 4.47. The lowest BCUT2D eigenvalue weighted by Gasteiger charge is -2.29. The second-order valence-corrected chi connectivity index (χ2v) is 6.10. The number of methoxy groups -OCH3 is 1. The Morgan fingerprint density at radius 3 is 2.73 bits per heavy atom. The maximum Gasteiger partial charge on any atom is 0.144 e. The lowest BCUT2D eigenvalue weighted by molar-refractivity contribution is 0.185. The lowest BCUT2D eigenvalue weighted by atomic mass is 9.99. The minimum Gasteiger partial charge on any atom is -0.494 e. The predicted octanol–water partition coefficient (Wildman–Crippen LogP) is 2.70. The predicted molar refractivity (Wildman–Crippen MR) is 88.2 cm³/mol. The maximum atomic E-state index is 6.32. The van der Waals surface area contributed by atoms with Gasteiger partial charge in [-0.3, -0.25) is 4.90 Å². The molecule has 5 nitrogen and oxygen atoms in total. The number of nitrogens with zero attached hydrogens (tertiary/aromatic N) is 3. The van der Waals surface area contributed by atoms with Crippen LogP contribution in [0, 0.1) is 5.92 Å². The molecule has 118 valence electrons. The quantitative estimate of drug-likeness (QED) is 0.943. The molecule has 0 radical (unpaired) electrons. The minimum absolute atomic E-state index is 0.697. The van der Waals surface area contributed by atoms with Gasteiger partial charge in [0.1, 0.15) is 17.3 Å². The molecule has 1 aromatic carbocycles. The molecule has 1 saturated heterocycles. The summed E-state index contributed by atoms with van der Waals surface area (Å²) in [4.78, 5) is 2.46. The minimum atomic E-state index is 0.697. The fourth-order valence-electron chi connectivity index (χ4n) is 2.97. The molecule has 0 saturated carbocycles. The average molecular weight is 300 g/mol. The summed E-state index contributed by atoms with van der Waals surface area (Å²) < 4.78 is 7.16. The van der Waals surface area contributed by atoms with Crippen LogP contribution in [0.1, 0.15) is 25.3 Å². The maximum absolute atomic E-state index is 6.32. The van der Waals surface area contributed by atoms with Crippen LogP contribution in [0.2, 0.25) is 0 Å². The molecule has 0 bridgehead atoms. The van der Waals surface area contributed by atoms with Gasteiger partial charge in [-0.2, -0.15) is 5.10 Å². The summed E-state index contributed by atoms with van der Waals surface area (Å²) in [5.74, 6) is 2.31. The van der Waals surface area contributed by atoms with Gasteiger partial charge < -0.3 is 10.5 Å². The topological polar surface area (TPSA) is 56.3 Å². The van der Waals surface area contributed by atoms with E-state index in [1.807, 2.05) is 30.5 Å². The van der Waals surface area contributed by atoms with Gasteiger partial charge in [-0.05, 0) is 44.0 Å². The number of aromatic nitrogens is 2. The second-order valence-electron chi connectivity index (χ2n) is 6.10. The molecule has 1 aliphatic rings. The second kappa shape index (κ2) is 6.40. The molecule has 0 unspecified atom stereocenters. The van der Waals surface area contributed by atoms with E-state index in [9.17, 15) is 0 Å². The number of likely N-dealkylation sites (tertiary alicyclic amines) is 1. The van der Waals surface area contributed by atoms with Crippen molar-refractivity contribution in [2.45, 2.75) is 26.3 Å². The fraction of sp³-hybridized carbons (Fsp3) is 0.471. The Labute approximate surface area is 131 Å². The van der Waals surface area contributed by atoms with E-state index in [2.05, 4.69) is 16.9 Å². The zero-order valence-corrected chi connectivity index (χ0v) is 13.3. The van der Waals surface area contributed by atoms with Crippen LogP contribution in [-0.4, -0.2) is 34.9 Å². The van der Waals surface area contributed by atoms with E-state index in [1.54, 1.807) is 11.8 Å². The highest BCUT2D eigenvalue weighted by Crippen LogP contribution is 2.27. The van der Waals surface area contributed by atoms with Gasteiger partial charge in [0.2, 0.25) is 0 Å². The SMILES string of the molecule is COc1ccccc1-n1ncc(CN2CCC(C)CC2)c1N. The highest BCUT2D eigenvalue weighted by Gasteiger charge is 2.19. The highest BCUT2D eigenvalue weighted by atomic mass is 16.5. The molecule has 2 N–H and O–H groups in total. The summed E-state index contributed by atoms with van der Waals surface area (Å²) >= 11 is 0. The number of para-hydroxylation sites is 2. The summed E-state index contributed by atoms with van der Waals surface area (Å²) in [7, 11) is 1.66. The van der Waals surface area contributed by atoms with Crippen molar-refractivity contribution in [3.8, 4) is 11.4 Å². The summed E-state index contributed by atoms with van der Waals surface area (Å²) in [6.07, 6.45) is 4.40. The zero-order chi connectivity index (χ0) is 15.5. The Kier molecular flexibility index (Phi) is 4.34. The van der Waals surface area contributed by atoms with Crippen LogP contribution in [0.15, 0.2) is 30.5 Å². The van der Waals surface area contributed by atoms with Gasteiger partial charge in [0.05, 0.1) is 13.3 Å². The van der Waals surface area contributed by atoms with E-state index in [0.717, 1.165) is 42.6 Å². The Balaban J connectivity index is 1.80. The van der Waals surface area contributed by atoms with Crippen LogP contribution in [0.25, 0.3) is 5.69 Å². The van der Waals surface area contributed by atoms with Crippen LogP contribution in [0.5, 0.6) is 5.75 Å². The van der Waals surface area contributed by atoms with Crippen molar-refractivity contribution in [1.29, 1.82) is 0 Å². The molecule has 22 heavy (non-hydrogen) atoms. The molecule has 5 heteroatoms. The van der Waals surface area contributed by atoms with Gasteiger partial charge in [-0.25, -0.2) is 4.68 Å². The molecule has 3 rings (SSSR count). The Morgan fingerprint density at radius 2 is 2.00 bits per heavy atom. The lowest BCUT2D eigenvalue weighted by Crippen LogP contribution is -2.32. The van der Waals surface area contributed by atoms with Gasteiger partial charge in [0.25, 0.3) is 0 Å². The van der Waals surface area contributed by atoms with Crippen molar-refractivity contribution >= 4 is 5.82 Å². The Hall–Kier alpha value is -2.01. The van der Waals surface area contributed by atoms with Gasteiger partial charge in [-0.15, -0.1) is 0 Å². The molecular formula is C17H24N4O. The van der Waals surface area contributed by atoms with E-state index >= 15 is 0 Å². The number of ether oxygens (including phenoxy) is 1. The highest BCUT2D eigenvalue weighted by molar-refractivity contribution is 5.53. The van der Waals surface area contributed by atoms with E-state index in [-0.39, 0.29) is 0 Å². The normalized spacial score (nSPS) is 16.8. The molecule has 0 atom stereocenters. The third-order valence-corrected chi connectivity index (χ3v) is 4.47. The van der Waals surface area contributed by atoms with Crippen LogP contribution in [0.3, 0.4) is 0 Å². The first-order valence-corrected chi connectivity index (χ1v) is 7.87. The largest absolute Gasteiger partial charge is 0.494 e. The van der Waals surface area contributed by atoms with E-state index in [4.69, 9.17) is 10.5 Å². The molecule has 1 aromatic heterocycles. The molecule has 1 aliphatic heterocycles. The molecular weight excluding hydrogens is 276 g/mol. The smallest absolute Gasteiger partial charge is 0.144 e. The molecule has 2 aromatic rings. The number of hydrogen-bond acceptors (Lipinski definition) is 4. The number of piperidine rings is 1. The number of anilines is 1. The van der Waals surface area contributed by atoms with Crippen LogP contribution < -0.4 is 10.5 Å². The van der Waals surface area contributed by atoms with Gasteiger partial charge in [-0.1, -0.05) is 19.1 Å². The number of rotatable bonds is 4. The van der Waals surface area contributed by atoms with E-state index in [0.29, 0.717) is 5.82 Å². The molecule has 0 amide bonds. The van der Waals surface area contributed by atoms with Crippen LogP contribution in [0.4, 0.5) is 5.82 Å². The van der Waals surface area contributed by atoms with E-state index < -0.39 is 0 Å². The Morgan fingerprint density at radius 1 is 1.27 bits per heavy atom. The number of hydrogen-bond donors (Lipinski definition) is 1. The fourth-order valence-corrected chi connectivity index (χ4v) is 2.97. The van der Waals surface area contributed by atoms with Crippen molar-refractivity contribution in [2.24, 2.45) is 5.92 Å². The Bertz CT molecular complexity index is 629. The van der Waals surface area contributed by atoms with Gasteiger partial charge >= 0.3 is 0 Å². The van der Waals surface area contributed by atoms with Crippen molar-refractivity contribution in [3.05, 3.63) is 36.0 Å². The van der Waals surface area contributed by atoms with Crippen molar-refractivity contribution in [1.82, 2.24) is 14.7 Å². The first-order chi connectivity index (χ1) is 10.7. The third kappa shape index (κ3) is 2.95. The summed E-state index contributed by atoms with van der Waals surface area (Å²) in [5.41, 5.74) is 8.28. The van der Waals surface area contributed by atoms with Crippen molar-refractivity contribution < 1.29 is 4.74 Å². The average Bonchev–Trinajstić information content (AvgIpc) is 2.90. The monoisotopic (exact) mass is 300 g/mol. The van der Waals surface area contributed by atoms with Crippen molar-refractivity contribution in [2.75, 3.05) is 25.9 Å².